The number of carbonyl (C=O) groups excluding carboxylic acids is 1. The number of nitrogens with one attached hydrogen (secondary N) is 1. The minimum atomic E-state index is -0.282. The lowest BCUT2D eigenvalue weighted by molar-refractivity contribution is -0.107. The van der Waals surface area contributed by atoms with E-state index in [0.717, 1.165) is 28.7 Å². The van der Waals surface area contributed by atoms with Gasteiger partial charge in [-0.05, 0) is 44.9 Å². The van der Waals surface area contributed by atoms with Crippen molar-refractivity contribution in [2.45, 2.75) is 105 Å². The third-order valence-corrected chi connectivity index (χ3v) is 6.65. The van der Waals surface area contributed by atoms with E-state index in [1.165, 1.54) is 0 Å². The maximum atomic E-state index is 12.2. The van der Waals surface area contributed by atoms with E-state index >= 15 is 0 Å². The molecule has 0 spiro atoms. The summed E-state index contributed by atoms with van der Waals surface area (Å²) in [6.07, 6.45) is 0.766. The first kappa shape index (κ1) is 29.5. The van der Waals surface area contributed by atoms with E-state index in [9.17, 15) is 15.0 Å². The highest BCUT2D eigenvalue weighted by Gasteiger charge is 2.28. The van der Waals surface area contributed by atoms with Crippen molar-refractivity contribution in [2.75, 3.05) is 23.3 Å². The molecule has 0 bridgehead atoms. The second-order valence-corrected chi connectivity index (χ2v) is 14.0. The molecule has 0 saturated carbocycles. The van der Waals surface area contributed by atoms with Crippen LogP contribution in [0.25, 0.3) is 0 Å². The van der Waals surface area contributed by atoms with Crippen molar-refractivity contribution in [2.24, 2.45) is 0 Å². The summed E-state index contributed by atoms with van der Waals surface area (Å²) in [5.74, 6) is 0.371. The van der Waals surface area contributed by atoms with Crippen molar-refractivity contribution >= 4 is 17.8 Å². The average molecular weight is 497 g/mol. The van der Waals surface area contributed by atoms with Crippen LogP contribution in [0.4, 0.5) is 11.4 Å². The number of carbonyl (C=O) groups is 1. The van der Waals surface area contributed by atoms with Gasteiger partial charge in [-0.2, -0.15) is 0 Å². The molecule has 200 valence electrons. The molecule has 0 atom stereocenters. The number of hydrogen-bond acceptors (Lipinski definition) is 4. The number of phenols is 2. The number of anilines is 2. The van der Waals surface area contributed by atoms with Crippen LogP contribution in [0.5, 0.6) is 11.5 Å². The zero-order valence-electron chi connectivity index (χ0n) is 24.6. The Morgan fingerprint density at radius 2 is 1.14 bits per heavy atom. The first-order valence-electron chi connectivity index (χ1n) is 12.9. The third-order valence-electron chi connectivity index (χ3n) is 6.65. The Bertz CT molecular complexity index is 1090. The summed E-state index contributed by atoms with van der Waals surface area (Å²) in [6.45, 7) is 26.0. The largest absolute Gasteiger partial charge is 0.505 e. The van der Waals surface area contributed by atoms with Crippen LogP contribution >= 0.6 is 0 Å². The maximum absolute atomic E-state index is 12.2. The number of nitrogens with zero attached hydrogens (tertiary/aromatic N) is 1. The van der Waals surface area contributed by atoms with Gasteiger partial charge in [0.15, 0.2) is 0 Å². The molecular formula is C31H48N2O3. The topological polar surface area (TPSA) is 72.8 Å². The van der Waals surface area contributed by atoms with Gasteiger partial charge in [0.05, 0.1) is 11.4 Å². The highest BCUT2D eigenvalue weighted by molar-refractivity contribution is 5.81. The fraction of sp³-hybridized carbons (Fsp3) is 0.581. The van der Waals surface area contributed by atoms with Crippen molar-refractivity contribution in [1.82, 2.24) is 0 Å². The van der Waals surface area contributed by atoms with Crippen LogP contribution in [-0.2, 0) is 26.5 Å². The van der Waals surface area contributed by atoms with Gasteiger partial charge in [-0.1, -0.05) is 95.2 Å². The van der Waals surface area contributed by atoms with Crippen LogP contribution in [0.1, 0.15) is 105 Å². The minimum Gasteiger partial charge on any atom is -0.505 e. The first-order chi connectivity index (χ1) is 16.2. The lowest BCUT2D eigenvalue weighted by Gasteiger charge is -2.30. The molecule has 0 aliphatic heterocycles. The van der Waals surface area contributed by atoms with Gasteiger partial charge in [-0.3, -0.25) is 4.79 Å². The molecular weight excluding hydrogens is 448 g/mol. The van der Waals surface area contributed by atoms with Crippen LogP contribution < -0.4 is 10.2 Å². The normalized spacial score (nSPS) is 13.0. The van der Waals surface area contributed by atoms with E-state index < -0.39 is 0 Å². The van der Waals surface area contributed by atoms with Gasteiger partial charge in [0.25, 0.3) is 0 Å². The van der Waals surface area contributed by atoms with Crippen molar-refractivity contribution in [3.8, 4) is 11.5 Å². The van der Waals surface area contributed by atoms with Crippen molar-refractivity contribution in [3.63, 3.8) is 0 Å². The number of aromatic hydroxyl groups is 2. The highest BCUT2D eigenvalue weighted by atomic mass is 16.3. The molecule has 5 nitrogen and oxygen atoms in total. The van der Waals surface area contributed by atoms with E-state index in [1.807, 2.05) is 18.2 Å². The summed E-state index contributed by atoms with van der Waals surface area (Å²) in [5.41, 5.74) is 4.32. The molecule has 0 aliphatic carbocycles. The molecule has 0 saturated heterocycles. The van der Waals surface area contributed by atoms with Gasteiger partial charge >= 0.3 is 0 Å². The standard InChI is InChI=1S/C31H48N2O3/c1-28(2,3)20-15-22(30(7,8)9)26(35)24(17-20)32-13-14-33(19-34)25-18-21(29(4,5)6)16-23(27(25)36)31(10,11)12/h15-19,32,35-36H,13-14H2,1-12H3. The third kappa shape index (κ3) is 6.74. The molecule has 36 heavy (non-hydrogen) atoms. The molecule has 3 N–H and O–H groups in total. The van der Waals surface area contributed by atoms with E-state index in [0.29, 0.717) is 24.5 Å². The average Bonchev–Trinajstić information content (AvgIpc) is 2.69. The molecule has 1 amide bonds. The summed E-state index contributed by atoms with van der Waals surface area (Å²) in [7, 11) is 0. The van der Waals surface area contributed by atoms with Crippen molar-refractivity contribution < 1.29 is 15.0 Å². The Labute approximate surface area is 218 Å². The second kappa shape index (κ2) is 9.99. The van der Waals surface area contributed by atoms with Crippen LogP contribution in [-0.4, -0.2) is 29.7 Å². The van der Waals surface area contributed by atoms with Crippen molar-refractivity contribution in [3.05, 3.63) is 46.5 Å². The zero-order chi connectivity index (χ0) is 27.9. The molecule has 0 aliphatic rings. The molecule has 2 aromatic rings. The van der Waals surface area contributed by atoms with E-state index in [1.54, 1.807) is 4.90 Å². The number of benzene rings is 2. The molecule has 2 aromatic carbocycles. The predicted molar refractivity (Wildman–Crippen MR) is 153 cm³/mol. The monoisotopic (exact) mass is 496 g/mol. The Kier molecular flexibility index (Phi) is 8.20. The summed E-state index contributed by atoms with van der Waals surface area (Å²) in [5, 5.41) is 25.6. The minimum absolute atomic E-state index is 0.0818. The summed E-state index contributed by atoms with van der Waals surface area (Å²) >= 11 is 0. The number of amides is 1. The molecule has 0 heterocycles. The Morgan fingerprint density at radius 1 is 0.694 bits per heavy atom. The summed E-state index contributed by atoms with van der Waals surface area (Å²) in [6, 6.07) is 8.03. The fourth-order valence-electron chi connectivity index (χ4n) is 4.16. The number of hydrogen-bond donors (Lipinski definition) is 3. The number of rotatable bonds is 6. The van der Waals surface area contributed by atoms with Crippen molar-refractivity contribution in [1.29, 1.82) is 0 Å². The molecule has 0 radical (unpaired) electrons. The Hall–Kier alpha value is -2.69. The molecule has 0 unspecified atom stereocenters. The van der Waals surface area contributed by atoms with E-state index in [2.05, 4.69) is 94.5 Å². The predicted octanol–water partition coefficient (Wildman–Crippen LogP) is 7.36. The number of phenolic OH excluding ortho intramolecular Hbond substituents is 2. The second-order valence-electron chi connectivity index (χ2n) is 14.0. The molecule has 0 fully saturated rings. The van der Waals surface area contributed by atoms with Crippen LogP contribution in [0.15, 0.2) is 24.3 Å². The zero-order valence-corrected chi connectivity index (χ0v) is 24.6. The SMILES string of the molecule is CC(C)(C)c1cc(NCCN(C=O)c2cc(C(C)(C)C)cc(C(C)(C)C)c2O)c(O)c(C(C)(C)C)c1. The molecule has 5 heteroatoms. The Balaban J connectivity index is 2.44. The van der Waals surface area contributed by atoms with E-state index in [4.69, 9.17) is 0 Å². The Morgan fingerprint density at radius 3 is 1.56 bits per heavy atom. The van der Waals surface area contributed by atoms with Gasteiger partial charge in [0, 0.05) is 24.2 Å². The van der Waals surface area contributed by atoms with E-state index in [-0.39, 0.29) is 33.2 Å². The quantitative estimate of drug-likeness (QED) is 0.288. The van der Waals surface area contributed by atoms with Gasteiger partial charge in [0.2, 0.25) is 6.41 Å². The van der Waals surface area contributed by atoms with Crippen LogP contribution in [0.2, 0.25) is 0 Å². The summed E-state index contributed by atoms with van der Waals surface area (Å²) in [4.78, 5) is 13.7. The smallest absolute Gasteiger partial charge is 0.214 e. The van der Waals surface area contributed by atoms with Crippen LogP contribution in [0.3, 0.4) is 0 Å². The first-order valence-corrected chi connectivity index (χ1v) is 12.9. The lowest BCUT2D eigenvalue weighted by Crippen LogP contribution is -2.29. The van der Waals surface area contributed by atoms with Gasteiger partial charge < -0.3 is 20.4 Å². The molecule has 2 rings (SSSR count). The maximum Gasteiger partial charge on any atom is 0.214 e. The van der Waals surface area contributed by atoms with Crippen LogP contribution in [0, 0.1) is 0 Å². The lowest BCUT2D eigenvalue weighted by atomic mass is 9.79. The molecule has 0 aromatic heterocycles. The van der Waals surface area contributed by atoms with Gasteiger partial charge in [-0.15, -0.1) is 0 Å². The van der Waals surface area contributed by atoms with Gasteiger partial charge in [0.1, 0.15) is 11.5 Å². The fourth-order valence-corrected chi connectivity index (χ4v) is 4.16. The highest BCUT2D eigenvalue weighted by Crippen LogP contribution is 2.42. The summed E-state index contributed by atoms with van der Waals surface area (Å²) < 4.78 is 0. The van der Waals surface area contributed by atoms with Gasteiger partial charge in [-0.25, -0.2) is 0 Å².